The van der Waals surface area contributed by atoms with E-state index in [4.69, 9.17) is 17.9 Å². The molecule has 0 spiro atoms. The molecule has 2 radical (unpaired) electrons. The summed E-state index contributed by atoms with van der Waals surface area (Å²) in [5, 5.41) is 14.2. The molecule has 34 heavy (non-hydrogen) atoms. The minimum atomic E-state index is -0.948. The molecule has 0 fully saturated rings. The highest BCUT2D eigenvalue weighted by Crippen LogP contribution is 2.33. The summed E-state index contributed by atoms with van der Waals surface area (Å²) >= 11 is 1.56. The van der Waals surface area contributed by atoms with Crippen LogP contribution >= 0.6 is 11.3 Å². The second-order valence-corrected chi connectivity index (χ2v) is 8.49. The predicted octanol–water partition coefficient (Wildman–Crippen LogP) is 4.15. The monoisotopic (exact) mass is 467 g/mol. The molecule has 8 heteroatoms. The molecule has 4 aromatic rings. The lowest BCUT2D eigenvalue weighted by atomic mass is 9.96. The summed E-state index contributed by atoms with van der Waals surface area (Å²) in [7, 11) is 5.89. The Morgan fingerprint density at radius 1 is 0.971 bits per heavy atom. The van der Waals surface area contributed by atoms with Gasteiger partial charge in [-0.25, -0.2) is 4.98 Å². The lowest BCUT2D eigenvalue weighted by Gasteiger charge is -2.22. The average molecular weight is 467 g/mol. The molecule has 0 unspecified atom stereocenters. The maximum Gasteiger partial charge on any atom is 0.305 e. The van der Waals surface area contributed by atoms with Crippen molar-refractivity contribution in [2.24, 2.45) is 0 Å². The Labute approximate surface area is 203 Å². The summed E-state index contributed by atoms with van der Waals surface area (Å²) in [5.74, 6) is -1.24. The number of hydrogen-bond acceptors (Lipinski definition) is 5. The number of hydrogen-bond donors (Lipinski definition) is 2. The highest BCUT2D eigenvalue weighted by Gasteiger charge is 2.16. The molecular formula is C26H22BN3O3S. The fourth-order valence-corrected chi connectivity index (χ4v) is 4.24. The summed E-state index contributed by atoms with van der Waals surface area (Å²) in [6, 6.07) is 24.9. The Kier molecular flexibility index (Phi) is 7.39. The van der Waals surface area contributed by atoms with Crippen molar-refractivity contribution < 1.29 is 14.7 Å². The van der Waals surface area contributed by atoms with E-state index in [1.54, 1.807) is 23.5 Å². The predicted molar refractivity (Wildman–Crippen MR) is 136 cm³/mol. The SMILES string of the molecule is [B]c1ccc(N(Cc2ccc(C(=O)NCCC(=O)O)cc2)c2nc(-c3ccccc3)cs2)cc1. The van der Waals surface area contributed by atoms with E-state index < -0.39 is 5.97 Å². The summed E-state index contributed by atoms with van der Waals surface area (Å²) in [6.07, 6.45) is -0.112. The molecule has 3 aromatic carbocycles. The van der Waals surface area contributed by atoms with Gasteiger partial charge >= 0.3 is 5.97 Å². The largest absolute Gasteiger partial charge is 0.481 e. The van der Waals surface area contributed by atoms with E-state index in [2.05, 4.69) is 10.2 Å². The van der Waals surface area contributed by atoms with Crippen molar-refractivity contribution in [1.82, 2.24) is 10.3 Å². The first kappa shape index (κ1) is 23.3. The Morgan fingerprint density at radius 3 is 2.35 bits per heavy atom. The van der Waals surface area contributed by atoms with E-state index >= 15 is 0 Å². The van der Waals surface area contributed by atoms with Gasteiger partial charge in [-0.1, -0.05) is 60.1 Å². The normalized spacial score (nSPS) is 10.6. The van der Waals surface area contributed by atoms with Crippen LogP contribution in [0.1, 0.15) is 22.3 Å². The smallest absolute Gasteiger partial charge is 0.305 e. The number of nitrogens with one attached hydrogen (secondary N) is 1. The number of carboxylic acid groups (broad SMARTS) is 1. The van der Waals surface area contributed by atoms with Crippen molar-refractivity contribution in [2.75, 3.05) is 11.4 Å². The van der Waals surface area contributed by atoms with E-state index in [-0.39, 0.29) is 18.9 Å². The minimum absolute atomic E-state index is 0.0919. The lowest BCUT2D eigenvalue weighted by Crippen LogP contribution is -2.26. The Morgan fingerprint density at radius 2 is 1.68 bits per heavy atom. The molecule has 0 atom stereocenters. The van der Waals surface area contributed by atoms with E-state index in [0.29, 0.717) is 17.6 Å². The van der Waals surface area contributed by atoms with Gasteiger partial charge in [0.05, 0.1) is 18.7 Å². The number of carbonyl (C=O) groups is 2. The second kappa shape index (κ2) is 10.8. The molecule has 168 valence electrons. The van der Waals surface area contributed by atoms with Crippen LogP contribution in [0, 0.1) is 0 Å². The van der Waals surface area contributed by atoms with Gasteiger partial charge in [-0.05, 0) is 29.8 Å². The lowest BCUT2D eigenvalue weighted by molar-refractivity contribution is -0.136. The molecule has 0 aliphatic heterocycles. The molecular weight excluding hydrogens is 445 g/mol. The van der Waals surface area contributed by atoms with Gasteiger partial charge in [-0.3, -0.25) is 9.59 Å². The van der Waals surface area contributed by atoms with Gasteiger partial charge in [0.1, 0.15) is 7.85 Å². The van der Waals surface area contributed by atoms with Gasteiger partial charge in [0.2, 0.25) is 0 Å². The third-order valence-corrected chi connectivity index (χ3v) is 6.04. The van der Waals surface area contributed by atoms with Crippen LogP contribution in [0.15, 0.2) is 84.2 Å². The number of carbonyl (C=O) groups excluding carboxylic acids is 1. The first-order chi connectivity index (χ1) is 16.5. The van der Waals surface area contributed by atoms with Gasteiger partial charge in [0.15, 0.2) is 5.13 Å². The van der Waals surface area contributed by atoms with Crippen molar-refractivity contribution in [3.8, 4) is 11.3 Å². The molecule has 0 saturated heterocycles. The van der Waals surface area contributed by atoms with Crippen LogP contribution in [0.4, 0.5) is 10.8 Å². The fraction of sp³-hybridized carbons (Fsp3) is 0.115. The third-order valence-electron chi connectivity index (χ3n) is 5.18. The van der Waals surface area contributed by atoms with Gasteiger partial charge in [0, 0.05) is 28.7 Å². The van der Waals surface area contributed by atoms with Crippen LogP contribution in [0.5, 0.6) is 0 Å². The number of benzene rings is 3. The molecule has 2 N–H and O–H groups in total. The highest BCUT2D eigenvalue weighted by molar-refractivity contribution is 7.14. The highest BCUT2D eigenvalue weighted by atomic mass is 32.1. The van der Waals surface area contributed by atoms with Gasteiger partial charge in [-0.2, -0.15) is 0 Å². The molecule has 0 aliphatic rings. The zero-order valence-corrected chi connectivity index (χ0v) is 19.2. The number of nitrogens with zero attached hydrogens (tertiary/aromatic N) is 2. The summed E-state index contributed by atoms with van der Waals surface area (Å²) in [6.45, 7) is 0.640. The van der Waals surface area contributed by atoms with Gasteiger partial charge in [0.25, 0.3) is 5.91 Å². The topological polar surface area (TPSA) is 82.5 Å². The van der Waals surface area contributed by atoms with Crippen molar-refractivity contribution in [2.45, 2.75) is 13.0 Å². The molecule has 1 aromatic heterocycles. The number of aliphatic carboxylic acids is 1. The standard InChI is InChI=1S/C26H22BN3O3S/c27-21-10-12-22(13-11-21)30(26-29-23(17-34-26)19-4-2-1-3-5-19)16-18-6-8-20(9-7-18)25(33)28-15-14-24(31)32/h1-13,17H,14-16H2,(H,28,33)(H,31,32). The summed E-state index contributed by atoms with van der Waals surface area (Å²) < 4.78 is 0. The Hall–Kier alpha value is -3.91. The Bertz CT molecular complexity index is 1260. The van der Waals surface area contributed by atoms with Crippen molar-refractivity contribution >= 4 is 47.3 Å². The average Bonchev–Trinajstić information content (AvgIpc) is 3.34. The van der Waals surface area contributed by atoms with E-state index in [1.165, 1.54) is 0 Å². The molecule has 4 rings (SSSR count). The molecule has 6 nitrogen and oxygen atoms in total. The number of anilines is 2. The number of aromatic nitrogens is 1. The Balaban J connectivity index is 1.55. The van der Waals surface area contributed by atoms with Gasteiger partial charge in [-0.15, -0.1) is 11.3 Å². The first-order valence-electron chi connectivity index (χ1n) is 10.7. The van der Waals surface area contributed by atoms with Crippen LogP contribution in [-0.4, -0.2) is 36.4 Å². The zero-order valence-electron chi connectivity index (χ0n) is 18.3. The quantitative estimate of drug-likeness (QED) is 0.362. The minimum Gasteiger partial charge on any atom is -0.481 e. The fourth-order valence-electron chi connectivity index (χ4n) is 3.38. The molecule has 0 bridgehead atoms. The molecule has 1 amide bonds. The number of thiazole rings is 1. The molecule has 0 aliphatic carbocycles. The molecule has 1 heterocycles. The number of carboxylic acids is 1. The van der Waals surface area contributed by atoms with Crippen molar-refractivity contribution in [3.63, 3.8) is 0 Å². The maximum atomic E-state index is 12.2. The van der Waals surface area contributed by atoms with Crippen LogP contribution in [0.25, 0.3) is 11.3 Å². The zero-order chi connectivity index (χ0) is 23.9. The van der Waals surface area contributed by atoms with E-state index in [1.807, 2.05) is 72.1 Å². The maximum absolute atomic E-state index is 12.2. The van der Waals surface area contributed by atoms with Crippen LogP contribution in [0.2, 0.25) is 0 Å². The molecule has 0 saturated carbocycles. The summed E-state index contributed by atoms with van der Waals surface area (Å²) in [4.78, 5) is 29.8. The van der Waals surface area contributed by atoms with E-state index in [9.17, 15) is 9.59 Å². The summed E-state index contributed by atoms with van der Waals surface area (Å²) in [5.41, 5.74) is 5.09. The van der Waals surface area contributed by atoms with Crippen LogP contribution in [0.3, 0.4) is 0 Å². The first-order valence-corrected chi connectivity index (χ1v) is 11.6. The van der Waals surface area contributed by atoms with Gasteiger partial charge < -0.3 is 15.3 Å². The number of rotatable bonds is 9. The van der Waals surface area contributed by atoms with Crippen LogP contribution < -0.4 is 15.7 Å². The van der Waals surface area contributed by atoms with E-state index in [0.717, 1.165) is 27.6 Å². The number of amides is 1. The van der Waals surface area contributed by atoms with Crippen molar-refractivity contribution in [1.29, 1.82) is 0 Å². The van der Waals surface area contributed by atoms with Crippen LogP contribution in [-0.2, 0) is 11.3 Å². The van der Waals surface area contributed by atoms with Crippen molar-refractivity contribution in [3.05, 3.63) is 95.4 Å². The second-order valence-electron chi connectivity index (χ2n) is 7.66. The third kappa shape index (κ3) is 5.91.